The maximum absolute atomic E-state index is 12.6. The highest BCUT2D eigenvalue weighted by atomic mass is 16.5. The molecule has 0 bridgehead atoms. The van der Waals surface area contributed by atoms with Gasteiger partial charge in [-0.25, -0.2) is 4.68 Å². The fraction of sp³-hybridized carbons (Fsp3) is 0.706. The number of rotatable bonds is 4. The van der Waals surface area contributed by atoms with E-state index in [1.807, 2.05) is 9.80 Å². The smallest absolute Gasteiger partial charge is 0.274 e. The second-order valence-electron chi connectivity index (χ2n) is 6.71. The largest absolute Gasteiger partial charge is 0.468 e. The average Bonchev–Trinajstić information content (AvgIpc) is 3.22. The van der Waals surface area contributed by atoms with Crippen molar-refractivity contribution in [3.05, 3.63) is 11.8 Å². The van der Waals surface area contributed by atoms with Gasteiger partial charge in [-0.05, 0) is 39.0 Å². The molecular weight excluding hydrogens is 308 g/mol. The van der Waals surface area contributed by atoms with Crippen LogP contribution in [0.15, 0.2) is 6.07 Å². The van der Waals surface area contributed by atoms with Gasteiger partial charge in [0.1, 0.15) is 0 Å². The van der Waals surface area contributed by atoms with Crippen LogP contribution < -0.4 is 4.74 Å². The Morgan fingerprint density at radius 2 is 1.92 bits per heavy atom. The lowest BCUT2D eigenvalue weighted by Crippen LogP contribution is -2.42. The average molecular weight is 334 g/mol. The zero-order valence-corrected chi connectivity index (χ0v) is 14.5. The van der Waals surface area contributed by atoms with E-state index >= 15 is 0 Å². The first-order chi connectivity index (χ1) is 11.6. The molecular formula is C17H26N4O3. The molecule has 3 heterocycles. The van der Waals surface area contributed by atoms with Gasteiger partial charge in [0, 0.05) is 38.8 Å². The first kappa shape index (κ1) is 16.8. The number of carbonyl (C=O) groups excluding carboxylic acids is 2. The van der Waals surface area contributed by atoms with Crippen LogP contribution in [0.25, 0.3) is 0 Å². The Hall–Kier alpha value is -2.05. The van der Waals surface area contributed by atoms with Crippen molar-refractivity contribution < 1.29 is 14.3 Å². The van der Waals surface area contributed by atoms with E-state index in [-0.39, 0.29) is 24.5 Å². The number of hydrogen-bond donors (Lipinski definition) is 0. The van der Waals surface area contributed by atoms with E-state index in [9.17, 15) is 9.59 Å². The summed E-state index contributed by atoms with van der Waals surface area (Å²) in [5.74, 6) is 0.389. The third-order valence-electron chi connectivity index (χ3n) is 4.92. The van der Waals surface area contributed by atoms with Crippen LogP contribution >= 0.6 is 0 Å². The van der Waals surface area contributed by atoms with Crippen molar-refractivity contribution in [2.75, 3.05) is 26.2 Å². The first-order valence-corrected chi connectivity index (χ1v) is 8.82. The number of likely N-dealkylation sites (tertiary alicyclic amines) is 2. The van der Waals surface area contributed by atoms with Crippen molar-refractivity contribution in [2.45, 2.75) is 45.1 Å². The number of carbonyl (C=O) groups is 2. The van der Waals surface area contributed by atoms with Gasteiger partial charge in [0.2, 0.25) is 5.88 Å². The van der Waals surface area contributed by atoms with E-state index in [4.69, 9.17) is 4.74 Å². The van der Waals surface area contributed by atoms with Gasteiger partial charge in [-0.2, -0.15) is 5.10 Å². The molecule has 2 amide bonds. The second-order valence-corrected chi connectivity index (χ2v) is 6.71. The third kappa shape index (κ3) is 3.55. The number of amides is 2. The SMILES string of the molecule is C[C@@H]1CCCCN1C(=O)c1cc(OCC(=O)N2CCCC2)n(C)n1. The quantitative estimate of drug-likeness (QED) is 0.835. The summed E-state index contributed by atoms with van der Waals surface area (Å²) >= 11 is 0. The molecule has 0 saturated carbocycles. The van der Waals surface area contributed by atoms with Crippen LogP contribution in [0.3, 0.4) is 0 Å². The molecule has 24 heavy (non-hydrogen) atoms. The lowest BCUT2D eigenvalue weighted by atomic mass is 10.0. The molecule has 0 N–H and O–H groups in total. The minimum Gasteiger partial charge on any atom is -0.468 e. The number of hydrogen-bond acceptors (Lipinski definition) is 4. The molecule has 0 aliphatic carbocycles. The molecule has 0 spiro atoms. The fourth-order valence-corrected chi connectivity index (χ4v) is 3.43. The molecule has 7 nitrogen and oxygen atoms in total. The summed E-state index contributed by atoms with van der Waals surface area (Å²) in [5, 5.41) is 4.27. The van der Waals surface area contributed by atoms with Gasteiger partial charge < -0.3 is 14.5 Å². The molecule has 2 saturated heterocycles. The topological polar surface area (TPSA) is 67.7 Å². The molecule has 2 aliphatic rings. The maximum atomic E-state index is 12.6. The zero-order valence-electron chi connectivity index (χ0n) is 14.5. The third-order valence-corrected chi connectivity index (χ3v) is 4.92. The Bertz CT molecular complexity index is 607. The highest BCUT2D eigenvalue weighted by Gasteiger charge is 2.27. The Labute approximate surface area is 142 Å². The Morgan fingerprint density at radius 3 is 2.62 bits per heavy atom. The van der Waals surface area contributed by atoms with E-state index in [0.717, 1.165) is 45.3 Å². The number of aryl methyl sites for hydroxylation is 1. The van der Waals surface area contributed by atoms with Gasteiger partial charge in [0.15, 0.2) is 12.3 Å². The lowest BCUT2D eigenvalue weighted by Gasteiger charge is -2.32. The summed E-state index contributed by atoms with van der Waals surface area (Å²) in [5.41, 5.74) is 0.384. The van der Waals surface area contributed by atoms with E-state index < -0.39 is 0 Å². The number of aromatic nitrogens is 2. The minimum absolute atomic E-state index is 0.00667. The Morgan fingerprint density at radius 1 is 1.21 bits per heavy atom. The van der Waals surface area contributed by atoms with Crippen LogP contribution in [0, 0.1) is 0 Å². The second kappa shape index (κ2) is 7.23. The van der Waals surface area contributed by atoms with Crippen molar-refractivity contribution in [3.8, 4) is 5.88 Å². The summed E-state index contributed by atoms with van der Waals surface area (Å²) in [4.78, 5) is 28.4. The van der Waals surface area contributed by atoms with E-state index in [1.54, 1.807) is 13.1 Å². The first-order valence-electron chi connectivity index (χ1n) is 8.82. The predicted molar refractivity (Wildman–Crippen MR) is 88.9 cm³/mol. The molecule has 0 aromatic carbocycles. The molecule has 1 aromatic rings. The van der Waals surface area contributed by atoms with Crippen LogP contribution in [0.4, 0.5) is 0 Å². The molecule has 0 radical (unpaired) electrons. The standard InChI is InChI=1S/C17H26N4O3/c1-13-7-3-4-10-21(13)17(23)14-11-16(19(2)18-14)24-12-15(22)20-8-5-6-9-20/h11,13H,3-10,12H2,1-2H3/t13-/m1/s1. The van der Waals surface area contributed by atoms with Gasteiger partial charge in [-0.1, -0.05) is 0 Å². The zero-order chi connectivity index (χ0) is 17.1. The summed E-state index contributed by atoms with van der Waals surface area (Å²) in [6.45, 7) is 4.47. The normalized spacial score (nSPS) is 21.2. The van der Waals surface area contributed by atoms with Crippen LogP contribution in [0.5, 0.6) is 5.88 Å². The molecule has 1 atom stereocenters. The monoisotopic (exact) mass is 334 g/mol. The van der Waals surface area contributed by atoms with Crippen LogP contribution in [-0.2, 0) is 11.8 Å². The number of ether oxygens (including phenoxy) is 1. The number of piperidine rings is 1. The summed E-state index contributed by atoms with van der Waals surface area (Å²) < 4.78 is 7.12. The molecule has 2 aliphatic heterocycles. The lowest BCUT2D eigenvalue weighted by molar-refractivity contribution is -0.132. The van der Waals surface area contributed by atoms with E-state index in [0.29, 0.717) is 11.6 Å². The van der Waals surface area contributed by atoms with Gasteiger partial charge in [-0.15, -0.1) is 0 Å². The van der Waals surface area contributed by atoms with Crippen molar-refractivity contribution in [1.29, 1.82) is 0 Å². The highest BCUT2D eigenvalue weighted by Crippen LogP contribution is 2.21. The molecule has 132 valence electrons. The Kier molecular flexibility index (Phi) is 5.06. The molecule has 2 fully saturated rings. The van der Waals surface area contributed by atoms with Gasteiger partial charge in [0.25, 0.3) is 11.8 Å². The van der Waals surface area contributed by atoms with Gasteiger partial charge in [0.05, 0.1) is 0 Å². The summed E-state index contributed by atoms with van der Waals surface area (Å²) in [6, 6.07) is 1.88. The summed E-state index contributed by atoms with van der Waals surface area (Å²) in [6.07, 6.45) is 5.36. The predicted octanol–water partition coefficient (Wildman–Crippen LogP) is 1.44. The van der Waals surface area contributed by atoms with Gasteiger partial charge >= 0.3 is 0 Å². The number of nitrogens with zero attached hydrogens (tertiary/aromatic N) is 4. The van der Waals surface area contributed by atoms with Crippen molar-refractivity contribution in [3.63, 3.8) is 0 Å². The van der Waals surface area contributed by atoms with Crippen LogP contribution in [0.1, 0.15) is 49.5 Å². The highest BCUT2D eigenvalue weighted by molar-refractivity contribution is 5.93. The van der Waals surface area contributed by atoms with Crippen molar-refractivity contribution >= 4 is 11.8 Å². The minimum atomic E-state index is -0.0569. The van der Waals surface area contributed by atoms with Crippen LogP contribution in [0.2, 0.25) is 0 Å². The summed E-state index contributed by atoms with van der Waals surface area (Å²) in [7, 11) is 1.73. The Balaban J connectivity index is 1.61. The van der Waals surface area contributed by atoms with E-state index in [2.05, 4.69) is 12.0 Å². The van der Waals surface area contributed by atoms with Crippen molar-refractivity contribution in [1.82, 2.24) is 19.6 Å². The maximum Gasteiger partial charge on any atom is 0.274 e. The molecule has 7 heteroatoms. The fourth-order valence-electron chi connectivity index (χ4n) is 3.43. The van der Waals surface area contributed by atoms with Gasteiger partial charge in [-0.3, -0.25) is 9.59 Å². The molecule has 3 rings (SSSR count). The van der Waals surface area contributed by atoms with E-state index in [1.165, 1.54) is 11.1 Å². The molecule has 0 unspecified atom stereocenters. The molecule has 1 aromatic heterocycles. The van der Waals surface area contributed by atoms with Crippen LogP contribution in [-0.4, -0.2) is 63.7 Å². The van der Waals surface area contributed by atoms with Crippen molar-refractivity contribution in [2.24, 2.45) is 7.05 Å².